The Labute approximate surface area is 87.1 Å². The van der Waals surface area contributed by atoms with Crippen molar-refractivity contribution in [2.75, 3.05) is 0 Å². The molecule has 1 saturated carbocycles. The molecule has 2 nitrogen and oxygen atoms in total. The predicted octanol–water partition coefficient (Wildman–Crippen LogP) is 3.80. The molecule has 0 heterocycles. The van der Waals surface area contributed by atoms with Crippen molar-refractivity contribution in [3.63, 3.8) is 0 Å². The summed E-state index contributed by atoms with van der Waals surface area (Å²) in [6.45, 7) is 4.65. The van der Waals surface area contributed by atoms with Crippen LogP contribution in [-0.4, -0.2) is 11.4 Å². The van der Waals surface area contributed by atoms with Crippen molar-refractivity contribution in [2.24, 2.45) is 5.41 Å². The minimum atomic E-state index is 0.444. The first-order valence-electron chi connectivity index (χ1n) is 5.66. The van der Waals surface area contributed by atoms with E-state index in [1.165, 1.54) is 19.3 Å². The summed E-state index contributed by atoms with van der Waals surface area (Å²) in [5, 5.41) is 15.4. The van der Waals surface area contributed by atoms with Crippen LogP contribution in [-0.2, 0) is 0 Å². The van der Waals surface area contributed by atoms with Gasteiger partial charge in [-0.2, -0.15) is 0 Å². The van der Waals surface area contributed by atoms with Crippen LogP contribution in [0.1, 0.15) is 58.8 Å². The first-order chi connectivity index (χ1) is 6.51. The molecule has 80 valence electrons. The normalized spacial score (nSPS) is 24.7. The maximum absolute atomic E-state index is 7.71. The highest BCUT2D eigenvalue weighted by Gasteiger charge is 2.19. The molecule has 0 bridgehead atoms. The van der Waals surface area contributed by atoms with Gasteiger partial charge < -0.3 is 10.8 Å². The maximum Gasteiger partial charge on any atom is 0.0521 e. The fraction of sp³-hybridized carbons (Fsp3) is 0.833. The zero-order chi connectivity index (χ0) is 10.6. The van der Waals surface area contributed by atoms with Gasteiger partial charge in [0.1, 0.15) is 0 Å². The molecule has 0 saturated heterocycles. The second-order valence-corrected chi connectivity index (χ2v) is 5.18. The largest absolute Gasteiger partial charge is 0.303 e. The molecular weight excluding hydrogens is 172 g/mol. The first-order valence-corrected chi connectivity index (χ1v) is 5.66. The highest BCUT2D eigenvalue weighted by atomic mass is 14.5. The molecule has 0 amide bonds. The second-order valence-electron chi connectivity index (χ2n) is 5.18. The quantitative estimate of drug-likeness (QED) is 0.589. The third-order valence-corrected chi connectivity index (χ3v) is 3.17. The Kier molecular flexibility index (Phi) is 3.85. The first kappa shape index (κ1) is 11.4. The van der Waals surface area contributed by atoms with E-state index in [4.69, 9.17) is 10.8 Å². The fourth-order valence-corrected chi connectivity index (χ4v) is 2.08. The average molecular weight is 194 g/mol. The van der Waals surface area contributed by atoms with Crippen molar-refractivity contribution in [3.8, 4) is 0 Å². The molecule has 1 fully saturated rings. The van der Waals surface area contributed by atoms with Gasteiger partial charge in [0.2, 0.25) is 0 Å². The molecule has 0 spiro atoms. The Morgan fingerprint density at radius 3 is 2.00 bits per heavy atom. The zero-order valence-corrected chi connectivity index (χ0v) is 9.45. The van der Waals surface area contributed by atoms with Gasteiger partial charge in [0.25, 0.3) is 0 Å². The molecular formula is C12H22N2. The third kappa shape index (κ3) is 3.60. The number of hydrogen-bond donors (Lipinski definition) is 2. The summed E-state index contributed by atoms with van der Waals surface area (Å²) in [5.41, 5.74) is 1.59. The SMILES string of the molecule is CC1(C)CCCCC(=N)C(=N)CCC1. The molecule has 14 heavy (non-hydrogen) atoms. The summed E-state index contributed by atoms with van der Waals surface area (Å²) in [6, 6.07) is 0. The van der Waals surface area contributed by atoms with Crippen molar-refractivity contribution >= 4 is 11.4 Å². The van der Waals surface area contributed by atoms with Crippen LogP contribution in [0, 0.1) is 16.2 Å². The van der Waals surface area contributed by atoms with Gasteiger partial charge >= 0.3 is 0 Å². The van der Waals surface area contributed by atoms with Gasteiger partial charge in [-0.3, -0.25) is 0 Å². The van der Waals surface area contributed by atoms with Crippen molar-refractivity contribution in [2.45, 2.75) is 58.8 Å². The summed E-state index contributed by atoms with van der Waals surface area (Å²) >= 11 is 0. The van der Waals surface area contributed by atoms with E-state index in [1.54, 1.807) is 0 Å². The van der Waals surface area contributed by atoms with Crippen molar-refractivity contribution in [1.29, 1.82) is 10.8 Å². The third-order valence-electron chi connectivity index (χ3n) is 3.17. The highest BCUT2D eigenvalue weighted by Crippen LogP contribution is 2.30. The topological polar surface area (TPSA) is 47.7 Å². The van der Waals surface area contributed by atoms with Gasteiger partial charge in [-0.1, -0.05) is 20.3 Å². The Balaban J connectivity index is 2.51. The maximum atomic E-state index is 7.71. The van der Waals surface area contributed by atoms with E-state index >= 15 is 0 Å². The van der Waals surface area contributed by atoms with Crippen LogP contribution >= 0.6 is 0 Å². The van der Waals surface area contributed by atoms with Crippen molar-refractivity contribution < 1.29 is 0 Å². The van der Waals surface area contributed by atoms with E-state index in [9.17, 15) is 0 Å². The second kappa shape index (κ2) is 4.72. The van der Waals surface area contributed by atoms with Gasteiger partial charge in [0.15, 0.2) is 0 Å². The number of rotatable bonds is 0. The van der Waals surface area contributed by atoms with E-state index in [2.05, 4.69) is 13.8 Å². The lowest BCUT2D eigenvalue weighted by molar-refractivity contribution is 0.290. The molecule has 0 aromatic heterocycles. The Morgan fingerprint density at radius 2 is 1.36 bits per heavy atom. The highest BCUT2D eigenvalue weighted by molar-refractivity contribution is 6.39. The van der Waals surface area contributed by atoms with Gasteiger partial charge in [-0.05, 0) is 43.9 Å². The Bertz CT molecular complexity index is 228. The van der Waals surface area contributed by atoms with E-state index in [-0.39, 0.29) is 0 Å². The lowest BCUT2D eigenvalue weighted by atomic mass is 9.80. The molecule has 0 radical (unpaired) electrons. The van der Waals surface area contributed by atoms with Crippen molar-refractivity contribution in [3.05, 3.63) is 0 Å². The summed E-state index contributed by atoms with van der Waals surface area (Å²) in [5.74, 6) is 0. The van der Waals surface area contributed by atoms with E-state index in [1.807, 2.05) is 0 Å². The van der Waals surface area contributed by atoms with Gasteiger partial charge in [0, 0.05) is 0 Å². The Morgan fingerprint density at radius 1 is 0.857 bits per heavy atom. The fourth-order valence-electron chi connectivity index (χ4n) is 2.08. The van der Waals surface area contributed by atoms with Gasteiger partial charge in [-0.25, -0.2) is 0 Å². The van der Waals surface area contributed by atoms with E-state index in [0.29, 0.717) is 16.8 Å². The summed E-state index contributed by atoms with van der Waals surface area (Å²) < 4.78 is 0. The monoisotopic (exact) mass is 194 g/mol. The minimum absolute atomic E-state index is 0.444. The lowest BCUT2D eigenvalue weighted by Gasteiger charge is -2.25. The van der Waals surface area contributed by atoms with Crippen LogP contribution in [0.2, 0.25) is 0 Å². The van der Waals surface area contributed by atoms with Crippen molar-refractivity contribution in [1.82, 2.24) is 0 Å². The van der Waals surface area contributed by atoms with E-state index < -0.39 is 0 Å². The van der Waals surface area contributed by atoms with Gasteiger partial charge in [0.05, 0.1) is 11.4 Å². The zero-order valence-electron chi connectivity index (χ0n) is 9.45. The number of nitrogens with one attached hydrogen (secondary N) is 2. The molecule has 0 aromatic rings. The molecule has 2 heteroatoms. The molecule has 0 aromatic carbocycles. The molecule has 1 rings (SSSR count). The minimum Gasteiger partial charge on any atom is -0.303 e. The molecule has 1 aliphatic rings. The van der Waals surface area contributed by atoms with Crippen LogP contribution in [0.5, 0.6) is 0 Å². The summed E-state index contributed by atoms with van der Waals surface area (Å²) in [6.07, 6.45) is 7.47. The summed E-state index contributed by atoms with van der Waals surface area (Å²) in [7, 11) is 0. The lowest BCUT2D eigenvalue weighted by Crippen LogP contribution is -2.17. The predicted molar refractivity (Wildman–Crippen MR) is 61.6 cm³/mol. The molecule has 0 atom stereocenters. The molecule has 0 aliphatic heterocycles. The van der Waals surface area contributed by atoms with Crippen LogP contribution in [0.3, 0.4) is 0 Å². The smallest absolute Gasteiger partial charge is 0.0521 e. The van der Waals surface area contributed by atoms with Crippen LogP contribution in [0.4, 0.5) is 0 Å². The standard InChI is InChI=1S/C12H22N2/c1-12(2)8-4-3-6-10(13)11(14)7-5-9-12/h13-14H,3-9H2,1-2H3. The average Bonchev–Trinajstić information content (AvgIpc) is 2.10. The van der Waals surface area contributed by atoms with Crippen LogP contribution < -0.4 is 0 Å². The molecule has 2 N–H and O–H groups in total. The van der Waals surface area contributed by atoms with Crippen LogP contribution in [0.25, 0.3) is 0 Å². The van der Waals surface area contributed by atoms with Crippen LogP contribution in [0.15, 0.2) is 0 Å². The summed E-state index contributed by atoms with van der Waals surface area (Å²) in [4.78, 5) is 0. The molecule has 0 unspecified atom stereocenters. The number of hydrogen-bond acceptors (Lipinski definition) is 2. The molecule has 1 aliphatic carbocycles. The Hall–Kier alpha value is -0.660. The van der Waals surface area contributed by atoms with E-state index in [0.717, 1.165) is 25.7 Å². The van der Waals surface area contributed by atoms with Gasteiger partial charge in [-0.15, -0.1) is 0 Å².